The van der Waals surface area contributed by atoms with Crippen molar-refractivity contribution in [3.63, 3.8) is 0 Å². The van der Waals surface area contributed by atoms with Crippen LogP contribution >= 0.6 is 0 Å². The third-order valence-corrected chi connectivity index (χ3v) is 3.48. The summed E-state index contributed by atoms with van der Waals surface area (Å²) in [6, 6.07) is 11.8. The van der Waals surface area contributed by atoms with Crippen molar-refractivity contribution < 1.29 is 14.7 Å². The monoisotopic (exact) mass is 267 g/mol. The summed E-state index contributed by atoms with van der Waals surface area (Å²) in [7, 11) is 0. The molecule has 0 aromatic heterocycles. The van der Waals surface area contributed by atoms with Gasteiger partial charge in [0.05, 0.1) is 12.1 Å². The Balaban J connectivity index is 2.08. The van der Waals surface area contributed by atoms with Gasteiger partial charge in [0.2, 0.25) is 5.91 Å². The molecule has 2 aromatic rings. The molecule has 0 aliphatic carbocycles. The first-order valence-electron chi connectivity index (χ1n) is 6.33. The van der Waals surface area contributed by atoms with Crippen molar-refractivity contribution in [2.75, 3.05) is 4.90 Å². The molecule has 2 aromatic carbocycles. The van der Waals surface area contributed by atoms with Crippen LogP contribution in [0.2, 0.25) is 0 Å². The number of aromatic hydroxyl groups is 1. The van der Waals surface area contributed by atoms with Gasteiger partial charge in [-0.1, -0.05) is 18.2 Å². The van der Waals surface area contributed by atoms with Crippen LogP contribution in [0.25, 0.3) is 0 Å². The summed E-state index contributed by atoms with van der Waals surface area (Å²) in [6.45, 7) is 1.73. The molecule has 1 aliphatic rings. The summed E-state index contributed by atoms with van der Waals surface area (Å²) in [5, 5.41) is 9.54. The number of anilines is 1. The normalized spacial score (nSPS) is 14.3. The van der Waals surface area contributed by atoms with Crippen LogP contribution in [-0.4, -0.2) is 16.9 Å². The predicted molar refractivity (Wildman–Crippen MR) is 74.8 cm³/mol. The molecule has 0 unspecified atom stereocenters. The highest BCUT2D eigenvalue weighted by molar-refractivity contribution is 6.24. The minimum atomic E-state index is -0.318. The van der Waals surface area contributed by atoms with Crippen LogP contribution in [0.15, 0.2) is 42.5 Å². The van der Waals surface area contributed by atoms with Crippen LogP contribution in [0.3, 0.4) is 0 Å². The lowest BCUT2D eigenvalue weighted by Gasteiger charge is -2.27. The maximum absolute atomic E-state index is 12.5. The van der Waals surface area contributed by atoms with Crippen LogP contribution in [0, 0.1) is 6.92 Å². The number of amides is 2. The Morgan fingerprint density at radius 3 is 2.60 bits per heavy atom. The number of fused-ring (bicyclic) bond motifs is 1. The molecule has 0 atom stereocenters. The van der Waals surface area contributed by atoms with E-state index in [0.29, 0.717) is 16.8 Å². The van der Waals surface area contributed by atoms with Gasteiger partial charge in [-0.05, 0) is 42.3 Å². The quantitative estimate of drug-likeness (QED) is 0.807. The van der Waals surface area contributed by atoms with Gasteiger partial charge in [-0.25, -0.2) is 4.90 Å². The van der Waals surface area contributed by atoms with Crippen LogP contribution in [0.5, 0.6) is 5.75 Å². The molecule has 3 rings (SSSR count). The number of hydrogen-bond donors (Lipinski definition) is 1. The SMILES string of the molecule is Cc1cc(N2C(=O)Cc3ccccc3C2=O)ccc1O. The molecule has 1 heterocycles. The molecule has 0 saturated heterocycles. The minimum absolute atomic E-state index is 0.144. The highest BCUT2D eigenvalue weighted by Gasteiger charge is 2.31. The fourth-order valence-electron chi connectivity index (χ4n) is 2.40. The van der Waals surface area contributed by atoms with Gasteiger partial charge in [0.1, 0.15) is 5.75 Å². The number of aryl methyl sites for hydroxylation is 1. The van der Waals surface area contributed by atoms with E-state index >= 15 is 0 Å². The summed E-state index contributed by atoms with van der Waals surface area (Å²) in [6.07, 6.45) is 0.210. The van der Waals surface area contributed by atoms with Crippen LogP contribution < -0.4 is 4.90 Å². The lowest BCUT2D eigenvalue weighted by molar-refractivity contribution is -0.117. The zero-order valence-electron chi connectivity index (χ0n) is 11.0. The van der Waals surface area contributed by atoms with Crippen LogP contribution in [0.4, 0.5) is 5.69 Å². The van der Waals surface area contributed by atoms with Crippen molar-refractivity contribution in [3.8, 4) is 5.75 Å². The Bertz CT molecular complexity index is 721. The minimum Gasteiger partial charge on any atom is -0.508 e. The third-order valence-electron chi connectivity index (χ3n) is 3.48. The number of hydrogen-bond acceptors (Lipinski definition) is 3. The first-order chi connectivity index (χ1) is 9.58. The summed E-state index contributed by atoms with van der Waals surface area (Å²) < 4.78 is 0. The molecule has 1 aliphatic heterocycles. The topological polar surface area (TPSA) is 57.6 Å². The number of nitrogens with zero attached hydrogens (tertiary/aromatic N) is 1. The Morgan fingerprint density at radius 1 is 1.10 bits per heavy atom. The van der Waals surface area contributed by atoms with Gasteiger partial charge in [-0.15, -0.1) is 0 Å². The van der Waals surface area contributed by atoms with E-state index in [0.717, 1.165) is 5.56 Å². The largest absolute Gasteiger partial charge is 0.508 e. The molecule has 0 bridgehead atoms. The Hall–Kier alpha value is -2.62. The predicted octanol–water partition coefficient (Wildman–Crippen LogP) is 2.43. The maximum Gasteiger partial charge on any atom is 0.265 e. The number of carbonyl (C=O) groups is 2. The Kier molecular flexibility index (Phi) is 2.79. The Morgan fingerprint density at radius 2 is 1.85 bits per heavy atom. The summed E-state index contributed by atoms with van der Waals surface area (Å²) in [5.41, 5.74) is 2.43. The van der Waals surface area contributed by atoms with Crippen molar-refractivity contribution in [2.24, 2.45) is 0 Å². The molecule has 20 heavy (non-hydrogen) atoms. The second-order valence-electron chi connectivity index (χ2n) is 4.84. The average Bonchev–Trinajstić information content (AvgIpc) is 2.43. The number of carbonyl (C=O) groups excluding carboxylic acids is 2. The zero-order chi connectivity index (χ0) is 14.3. The summed E-state index contributed by atoms with van der Waals surface area (Å²) in [5.74, 6) is -0.424. The Labute approximate surface area is 116 Å². The van der Waals surface area contributed by atoms with Gasteiger partial charge in [0.15, 0.2) is 0 Å². The van der Waals surface area contributed by atoms with Gasteiger partial charge in [-0.2, -0.15) is 0 Å². The van der Waals surface area contributed by atoms with Gasteiger partial charge in [-0.3, -0.25) is 9.59 Å². The second kappa shape index (κ2) is 4.49. The molecule has 4 nitrogen and oxygen atoms in total. The number of benzene rings is 2. The molecule has 0 saturated carbocycles. The molecule has 4 heteroatoms. The van der Waals surface area contributed by atoms with Gasteiger partial charge >= 0.3 is 0 Å². The third kappa shape index (κ3) is 1.86. The lowest BCUT2D eigenvalue weighted by atomic mass is 9.98. The molecule has 0 spiro atoms. The molecule has 100 valence electrons. The van der Waals surface area contributed by atoms with Gasteiger partial charge in [0.25, 0.3) is 5.91 Å². The van der Waals surface area contributed by atoms with Crippen molar-refractivity contribution in [1.29, 1.82) is 0 Å². The molecular weight excluding hydrogens is 254 g/mol. The number of rotatable bonds is 1. The first kappa shape index (κ1) is 12.4. The van der Waals surface area contributed by atoms with Gasteiger partial charge < -0.3 is 5.11 Å². The van der Waals surface area contributed by atoms with Gasteiger partial charge in [0, 0.05) is 5.56 Å². The molecule has 1 N–H and O–H groups in total. The molecular formula is C16H13NO3. The van der Waals surface area contributed by atoms with Crippen molar-refractivity contribution in [2.45, 2.75) is 13.3 Å². The summed E-state index contributed by atoms with van der Waals surface area (Å²) in [4.78, 5) is 25.8. The van der Waals surface area contributed by atoms with Crippen molar-refractivity contribution in [1.82, 2.24) is 0 Å². The van der Waals surface area contributed by atoms with E-state index in [-0.39, 0.29) is 24.0 Å². The van der Waals surface area contributed by atoms with E-state index in [9.17, 15) is 14.7 Å². The molecule has 0 radical (unpaired) electrons. The smallest absolute Gasteiger partial charge is 0.265 e. The van der Waals surface area contributed by atoms with Crippen molar-refractivity contribution >= 4 is 17.5 Å². The van der Waals surface area contributed by atoms with E-state index in [1.807, 2.05) is 6.07 Å². The van der Waals surface area contributed by atoms with E-state index in [1.54, 1.807) is 37.3 Å². The molecule has 0 fully saturated rings. The summed E-state index contributed by atoms with van der Waals surface area (Å²) >= 11 is 0. The van der Waals surface area contributed by atoms with E-state index in [2.05, 4.69) is 0 Å². The first-order valence-corrected chi connectivity index (χ1v) is 6.33. The van der Waals surface area contributed by atoms with Crippen LogP contribution in [0.1, 0.15) is 21.5 Å². The second-order valence-corrected chi connectivity index (χ2v) is 4.84. The van der Waals surface area contributed by atoms with E-state index < -0.39 is 0 Å². The standard InChI is InChI=1S/C16H13NO3/c1-10-8-12(6-7-14(10)18)17-15(19)9-11-4-2-3-5-13(11)16(17)20/h2-8,18H,9H2,1H3. The maximum atomic E-state index is 12.5. The fraction of sp³-hybridized carbons (Fsp3) is 0.125. The highest BCUT2D eigenvalue weighted by Crippen LogP contribution is 2.28. The van der Waals surface area contributed by atoms with Crippen LogP contribution in [-0.2, 0) is 11.2 Å². The lowest BCUT2D eigenvalue weighted by Crippen LogP contribution is -2.42. The number of imide groups is 1. The van der Waals surface area contributed by atoms with E-state index in [4.69, 9.17) is 0 Å². The fourth-order valence-corrected chi connectivity index (χ4v) is 2.40. The zero-order valence-corrected chi connectivity index (χ0v) is 11.0. The van der Waals surface area contributed by atoms with Crippen molar-refractivity contribution in [3.05, 3.63) is 59.2 Å². The average molecular weight is 267 g/mol. The van der Waals surface area contributed by atoms with E-state index in [1.165, 1.54) is 11.0 Å². The number of phenols is 1. The number of phenolic OH excluding ortho intramolecular Hbond substituents is 1. The molecule has 2 amide bonds. The highest BCUT2D eigenvalue weighted by atomic mass is 16.3.